The van der Waals surface area contributed by atoms with Gasteiger partial charge in [-0.1, -0.05) is 42.7 Å². The minimum Gasteiger partial charge on any atom is -0.325 e. The molecule has 0 radical (unpaired) electrons. The molecule has 2 amide bonds. The maximum absolute atomic E-state index is 13.7. The first-order valence-electron chi connectivity index (χ1n) is 11.9. The van der Waals surface area contributed by atoms with E-state index < -0.39 is 0 Å². The van der Waals surface area contributed by atoms with Crippen LogP contribution in [0.15, 0.2) is 47.6 Å². The molecule has 1 atom stereocenters. The number of benzene rings is 1. The average molecular weight is 424 g/mol. The van der Waals surface area contributed by atoms with Gasteiger partial charge in [0.1, 0.15) is 5.82 Å². The zero-order valence-corrected chi connectivity index (χ0v) is 18.7. The molecule has 31 heavy (non-hydrogen) atoms. The second-order valence-corrected chi connectivity index (χ2v) is 10.0. The molecule has 0 saturated heterocycles. The van der Waals surface area contributed by atoms with Crippen LogP contribution in [0.25, 0.3) is 0 Å². The summed E-state index contributed by atoms with van der Waals surface area (Å²) in [5, 5.41) is 3.30. The van der Waals surface area contributed by atoms with Crippen LogP contribution >= 0.6 is 0 Å². The molecule has 1 N–H and O–H groups in total. The Hall–Kier alpha value is -2.14. The van der Waals surface area contributed by atoms with Crippen LogP contribution in [0.3, 0.4) is 0 Å². The highest BCUT2D eigenvalue weighted by Crippen LogP contribution is 2.51. The molecule has 1 aromatic carbocycles. The number of halogens is 1. The van der Waals surface area contributed by atoms with E-state index >= 15 is 0 Å². The normalized spacial score (nSPS) is 29.1. The molecule has 5 heteroatoms. The highest BCUT2D eigenvalue weighted by molar-refractivity contribution is 5.76. The van der Waals surface area contributed by atoms with E-state index in [-0.39, 0.29) is 23.9 Å². The summed E-state index contributed by atoms with van der Waals surface area (Å²) in [6.07, 6.45) is 14.0. The Balaban J connectivity index is 1.44. The van der Waals surface area contributed by atoms with Gasteiger partial charge in [0.15, 0.2) is 0 Å². The predicted molar refractivity (Wildman–Crippen MR) is 121 cm³/mol. The van der Waals surface area contributed by atoms with E-state index in [1.807, 2.05) is 36.0 Å². The van der Waals surface area contributed by atoms with Crippen molar-refractivity contribution in [1.29, 1.82) is 0 Å². The minimum absolute atomic E-state index is 0.0926. The van der Waals surface area contributed by atoms with Gasteiger partial charge in [-0.25, -0.2) is 9.18 Å². The Morgan fingerprint density at radius 1 is 1.19 bits per heavy atom. The summed E-state index contributed by atoms with van der Waals surface area (Å²) < 4.78 is 13.7. The van der Waals surface area contributed by atoms with E-state index in [4.69, 9.17) is 0 Å². The zero-order valence-electron chi connectivity index (χ0n) is 18.7. The van der Waals surface area contributed by atoms with Crippen LogP contribution in [0.5, 0.6) is 0 Å². The van der Waals surface area contributed by atoms with E-state index in [0.29, 0.717) is 11.5 Å². The van der Waals surface area contributed by atoms with Gasteiger partial charge >= 0.3 is 6.03 Å². The van der Waals surface area contributed by atoms with Crippen molar-refractivity contribution < 1.29 is 9.18 Å². The van der Waals surface area contributed by atoms with Crippen LogP contribution in [0.2, 0.25) is 0 Å². The highest BCUT2D eigenvalue weighted by atomic mass is 19.1. The fourth-order valence-electron chi connectivity index (χ4n) is 6.17. The lowest BCUT2D eigenvalue weighted by Gasteiger charge is -2.47. The number of nitrogens with one attached hydrogen (secondary N) is 1. The van der Waals surface area contributed by atoms with Crippen molar-refractivity contribution in [3.05, 3.63) is 58.9 Å². The Labute approximate surface area is 185 Å². The molecule has 4 aliphatic rings. The van der Waals surface area contributed by atoms with Crippen molar-refractivity contribution in [3.63, 3.8) is 0 Å². The maximum Gasteiger partial charge on any atom is 0.320 e. The van der Waals surface area contributed by atoms with Crippen molar-refractivity contribution in [2.75, 3.05) is 20.6 Å². The molecule has 166 valence electrons. The maximum atomic E-state index is 13.7. The number of hydrogen-bond acceptors (Lipinski definition) is 2. The van der Waals surface area contributed by atoms with E-state index in [0.717, 1.165) is 37.8 Å². The third-order valence-corrected chi connectivity index (χ3v) is 8.25. The fraction of sp³-hybridized carbons (Fsp3) is 0.577. The van der Waals surface area contributed by atoms with Gasteiger partial charge < -0.3 is 15.1 Å². The number of allylic oxidation sites excluding steroid dienone is 1. The van der Waals surface area contributed by atoms with Crippen molar-refractivity contribution in [1.82, 2.24) is 15.1 Å². The number of rotatable bonds is 3. The number of carbonyl (C=O) groups is 1. The standard InChI is InChI=1S/C26H34FN3O/c1-28-21-15-22(16-21)29(2)25(31)30-14-10-19-17-26(11-3-4-12-26)13-9-23(19)24(30)18-5-7-20(27)8-6-18/h5-9,13,21-22,24,28H,3-4,10-12,14-17H2,1-2H3/t21?,22?,24-/m0/s1. The molecule has 0 unspecified atom stereocenters. The number of amides is 2. The molecule has 0 aromatic heterocycles. The van der Waals surface area contributed by atoms with Crippen LogP contribution in [0, 0.1) is 11.2 Å². The summed E-state index contributed by atoms with van der Waals surface area (Å²) in [5.41, 5.74) is 4.11. The Kier molecular flexibility index (Phi) is 5.41. The summed E-state index contributed by atoms with van der Waals surface area (Å²) in [6, 6.07) is 7.50. The van der Waals surface area contributed by atoms with Crippen LogP contribution in [-0.2, 0) is 0 Å². The molecule has 1 aromatic rings. The van der Waals surface area contributed by atoms with Crippen molar-refractivity contribution >= 4 is 6.03 Å². The Bertz CT molecular complexity index is 894. The molecule has 3 aliphatic carbocycles. The lowest BCUT2D eigenvalue weighted by atomic mass is 9.71. The molecule has 2 saturated carbocycles. The quantitative estimate of drug-likeness (QED) is 0.726. The fourth-order valence-corrected chi connectivity index (χ4v) is 6.17. The lowest BCUT2D eigenvalue weighted by Crippen LogP contribution is -2.56. The largest absolute Gasteiger partial charge is 0.325 e. The summed E-state index contributed by atoms with van der Waals surface area (Å²) in [5.74, 6) is -0.236. The summed E-state index contributed by atoms with van der Waals surface area (Å²) in [7, 11) is 3.92. The van der Waals surface area contributed by atoms with Crippen molar-refractivity contribution in [2.24, 2.45) is 5.41 Å². The lowest BCUT2D eigenvalue weighted by molar-refractivity contribution is 0.0965. The summed E-state index contributed by atoms with van der Waals surface area (Å²) in [4.78, 5) is 17.6. The van der Waals surface area contributed by atoms with Crippen LogP contribution in [0.1, 0.15) is 63.0 Å². The topological polar surface area (TPSA) is 35.6 Å². The van der Waals surface area contributed by atoms with Crippen LogP contribution < -0.4 is 5.32 Å². The number of nitrogens with zero attached hydrogens (tertiary/aromatic N) is 2. The third kappa shape index (κ3) is 3.71. The first kappa shape index (κ1) is 20.7. The average Bonchev–Trinajstić information content (AvgIpc) is 3.19. The molecule has 0 bridgehead atoms. The second kappa shape index (κ2) is 8.09. The first-order valence-corrected chi connectivity index (χ1v) is 11.9. The smallest absolute Gasteiger partial charge is 0.320 e. The van der Waals surface area contributed by atoms with Gasteiger partial charge in [0, 0.05) is 25.7 Å². The van der Waals surface area contributed by atoms with Gasteiger partial charge in [-0.15, -0.1) is 0 Å². The van der Waals surface area contributed by atoms with Crippen LogP contribution in [0.4, 0.5) is 9.18 Å². The van der Waals surface area contributed by atoms with Gasteiger partial charge in [-0.05, 0) is 74.3 Å². The minimum atomic E-state index is -0.236. The first-order chi connectivity index (χ1) is 15.0. The van der Waals surface area contributed by atoms with Gasteiger partial charge in [0.2, 0.25) is 0 Å². The molecule has 4 nitrogen and oxygen atoms in total. The Morgan fingerprint density at radius 3 is 2.58 bits per heavy atom. The molecule has 2 fully saturated rings. The van der Waals surface area contributed by atoms with E-state index in [1.165, 1.54) is 49.0 Å². The SMILES string of the molecule is CNC1CC(N(C)C(=O)N2CCC3=C(C=CC4(CCCC4)C3)[C@@H]2c2ccc(F)cc2)C1. The van der Waals surface area contributed by atoms with E-state index in [1.54, 1.807) is 0 Å². The van der Waals surface area contributed by atoms with Gasteiger partial charge in [-0.2, -0.15) is 0 Å². The summed E-state index contributed by atoms with van der Waals surface area (Å²) in [6.45, 7) is 0.732. The monoisotopic (exact) mass is 423 g/mol. The zero-order chi connectivity index (χ0) is 21.6. The number of urea groups is 1. The van der Waals surface area contributed by atoms with Crippen molar-refractivity contribution in [3.8, 4) is 0 Å². The van der Waals surface area contributed by atoms with Gasteiger partial charge in [0.05, 0.1) is 6.04 Å². The number of carbonyl (C=O) groups excluding carboxylic acids is 1. The van der Waals surface area contributed by atoms with Gasteiger partial charge in [0.25, 0.3) is 0 Å². The van der Waals surface area contributed by atoms with E-state index in [2.05, 4.69) is 17.5 Å². The highest BCUT2D eigenvalue weighted by Gasteiger charge is 2.42. The second-order valence-electron chi connectivity index (χ2n) is 10.0. The number of hydrogen-bond donors (Lipinski definition) is 1. The predicted octanol–water partition coefficient (Wildman–Crippen LogP) is 5.19. The van der Waals surface area contributed by atoms with Crippen LogP contribution in [-0.4, -0.2) is 48.6 Å². The Morgan fingerprint density at radius 2 is 1.90 bits per heavy atom. The summed E-state index contributed by atoms with van der Waals surface area (Å²) >= 11 is 0. The van der Waals surface area contributed by atoms with Crippen molar-refractivity contribution in [2.45, 2.75) is 69.5 Å². The molecule has 1 aliphatic heterocycles. The van der Waals surface area contributed by atoms with E-state index in [9.17, 15) is 9.18 Å². The molecule has 5 rings (SSSR count). The molecule has 1 spiro atoms. The van der Waals surface area contributed by atoms with Gasteiger partial charge in [-0.3, -0.25) is 0 Å². The molecular weight excluding hydrogens is 389 g/mol. The molecular formula is C26H34FN3O. The molecule has 1 heterocycles. The third-order valence-electron chi connectivity index (χ3n) is 8.25.